The van der Waals surface area contributed by atoms with Crippen molar-refractivity contribution >= 4 is 5.69 Å². The van der Waals surface area contributed by atoms with Gasteiger partial charge in [-0.25, -0.2) is 0 Å². The largest absolute Gasteiger partial charge is 0.493 e. The van der Waals surface area contributed by atoms with E-state index in [-0.39, 0.29) is 0 Å². The summed E-state index contributed by atoms with van der Waals surface area (Å²) in [6.07, 6.45) is 4.16. The molecule has 0 amide bonds. The first-order chi connectivity index (χ1) is 12.4. The van der Waals surface area contributed by atoms with E-state index in [4.69, 9.17) is 4.74 Å². The number of rotatable bonds is 6. The molecule has 0 N–H and O–H groups in total. The molecule has 1 aromatic carbocycles. The van der Waals surface area contributed by atoms with Gasteiger partial charge in [-0.05, 0) is 61.4 Å². The average molecular weight is 353 g/mol. The SMILES string of the molecule is Cc1cc(-c2ccnc3c2N(C)C(C)C3)ccc1OC[C@H](C)CC(C)C. The van der Waals surface area contributed by atoms with Gasteiger partial charge in [-0.2, -0.15) is 0 Å². The summed E-state index contributed by atoms with van der Waals surface area (Å²) in [5.74, 6) is 2.29. The van der Waals surface area contributed by atoms with Crippen LogP contribution in [0.4, 0.5) is 5.69 Å². The fraction of sp³-hybridized carbons (Fsp3) is 0.522. The van der Waals surface area contributed by atoms with Gasteiger partial charge < -0.3 is 9.64 Å². The van der Waals surface area contributed by atoms with E-state index in [9.17, 15) is 0 Å². The molecule has 0 saturated carbocycles. The molecule has 3 rings (SSSR count). The zero-order chi connectivity index (χ0) is 18.8. The van der Waals surface area contributed by atoms with Crippen LogP contribution in [0.5, 0.6) is 5.75 Å². The summed E-state index contributed by atoms with van der Waals surface area (Å²) < 4.78 is 6.10. The van der Waals surface area contributed by atoms with Crippen molar-refractivity contribution in [2.45, 2.75) is 53.5 Å². The predicted molar refractivity (Wildman–Crippen MR) is 110 cm³/mol. The van der Waals surface area contributed by atoms with Crippen LogP contribution < -0.4 is 9.64 Å². The molecule has 0 saturated heterocycles. The average Bonchev–Trinajstić information content (AvgIpc) is 2.87. The van der Waals surface area contributed by atoms with Gasteiger partial charge >= 0.3 is 0 Å². The van der Waals surface area contributed by atoms with Crippen LogP contribution in [0.25, 0.3) is 11.1 Å². The van der Waals surface area contributed by atoms with Crippen LogP contribution >= 0.6 is 0 Å². The van der Waals surface area contributed by atoms with Crippen LogP contribution in [0, 0.1) is 18.8 Å². The number of nitrogens with zero attached hydrogens (tertiary/aromatic N) is 2. The highest BCUT2D eigenvalue weighted by molar-refractivity contribution is 5.82. The fourth-order valence-electron chi connectivity index (χ4n) is 3.99. The molecule has 1 aromatic heterocycles. The summed E-state index contributed by atoms with van der Waals surface area (Å²) in [4.78, 5) is 6.94. The lowest BCUT2D eigenvalue weighted by atomic mass is 9.99. The first-order valence-corrected chi connectivity index (χ1v) is 9.81. The maximum absolute atomic E-state index is 6.10. The van der Waals surface area contributed by atoms with E-state index < -0.39 is 0 Å². The number of aryl methyl sites for hydroxylation is 1. The summed E-state index contributed by atoms with van der Waals surface area (Å²) in [5.41, 5.74) is 6.18. The number of ether oxygens (including phenoxy) is 1. The summed E-state index contributed by atoms with van der Waals surface area (Å²) in [7, 11) is 2.17. The lowest BCUT2D eigenvalue weighted by molar-refractivity contribution is 0.238. The van der Waals surface area contributed by atoms with Crippen LogP contribution in [0.3, 0.4) is 0 Å². The first kappa shape index (κ1) is 18.8. The third kappa shape index (κ3) is 3.87. The summed E-state index contributed by atoms with van der Waals surface area (Å²) in [6.45, 7) is 12.0. The van der Waals surface area contributed by atoms with Crippen LogP contribution in [0.15, 0.2) is 30.5 Å². The van der Waals surface area contributed by atoms with Crippen LogP contribution in [-0.4, -0.2) is 24.7 Å². The normalized spacial score (nSPS) is 17.5. The van der Waals surface area contributed by atoms with Crippen molar-refractivity contribution in [3.63, 3.8) is 0 Å². The molecule has 1 aliphatic heterocycles. The second-order valence-corrected chi connectivity index (χ2v) is 8.34. The number of anilines is 1. The predicted octanol–water partition coefficient (Wildman–Crippen LogP) is 5.50. The smallest absolute Gasteiger partial charge is 0.122 e. The Kier molecular flexibility index (Phi) is 5.55. The van der Waals surface area contributed by atoms with Crippen molar-refractivity contribution in [1.82, 2.24) is 4.98 Å². The van der Waals surface area contributed by atoms with Crippen molar-refractivity contribution in [2.75, 3.05) is 18.6 Å². The van der Waals surface area contributed by atoms with Crippen molar-refractivity contribution in [2.24, 2.45) is 11.8 Å². The molecular formula is C23H32N2O. The molecule has 2 aromatic rings. The lowest BCUT2D eigenvalue weighted by Crippen LogP contribution is -2.24. The molecular weight excluding hydrogens is 320 g/mol. The minimum absolute atomic E-state index is 0.504. The minimum atomic E-state index is 0.504. The Hall–Kier alpha value is -2.03. The third-order valence-corrected chi connectivity index (χ3v) is 5.39. The van der Waals surface area contributed by atoms with Gasteiger partial charge in [0.05, 0.1) is 18.0 Å². The number of likely N-dealkylation sites (N-methyl/N-ethyl adjacent to an activating group) is 1. The van der Waals surface area contributed by atoms with Crippen LogP contribution in [0.2, 0.25) is 0 Å². The quantitative estimate of drug-likeness (QED) is 0.686. The number of aromatic nitrogens is 1. The third-order valence-electron chi connectivity index (χ3n) is 5.39. The maximum atomic E-state index is 6.10. The van der Waals surface area contributed by atoms with E-state index in [2.05, 4.69) is 75.8 Å². The zero-order valence-electron chi connectivity index (χ0n) is 17.0. The zero-order valence-corrected chi connectivity index (χ0v) is 17.0. The van der Waals surface area contributed by atoms with E-state index in [1.54, 1.807) is 0 Å². The monoisotopic (exact) mass is 352 g/mol. The number of hydrogen-bond donors (Lipinski definition) is 0. The van der Waals surface area contributed by atoms with Crippen molar-refractivity contribution in [3.8, 4) is 16.9 Å². The highest BCUT2D eigenvalue weighted by Crippen LogP contribution is 2.39. The molecule has 3 heteroatoms. The summed E-state index contributed by atoms with van der Waals surface area (Å²) in [6, 6.07) is 9.19. The van der Waals surface area contributed by atoms with Crippen molar-refractivity contribution in [3.05, 3.63) is 41.7 Å². The van der Waals surface area contributed by atoms with E-state index in [1.807, 2.05) is 6.20 Å². The highest BCUT2D eigenvalue weighted by Gasteiger charge is 2.27. The summed E-state index contributed by atoms with van der Waals surface area (Å²) in [5, 5.41) is 0. The Morgan fingerprint density at radius 3 is 2.69 bits per heavy atom. The highest BCUT2D eigenvalue weighted by atomic mass is 16.5. The van der Waals surface area contributed by atoms with Gasteiger partial charge in [0.15, 0.2) is 0 Å². The molecule has 26 heavy (non-hydrogen) atoms. The van der Waals surface area contributed by atoms with Gasteiger partial charge in [0, 0.05) is 31.3 Å². The Morgan fingerprint density at radius 1 is 1.23 bits per heavy atom. The number of benzene rings is 1. The molecule has 0 radical (unpaired) electrons. The Balaban J connectivity index is 1.80. The number of pyridine rings is 1. The maximum Gasteiger partial charge on any atom is 0.122 e. The van der Waals surface area contributed by atoms with E-state index in [0.29, 0.717) is 17.9 Å². The first-order valence-electron chi connectivity index (χ1n) is 9.81. The molecule has 1 aliphatic rings. The van der Waals surface area contributed by atoms with Gasteiger partial charge in [-0.15, -0.1) is 0 Å². The molecule has 0 bridgehead atoms. The van der Waals surface area contributed by atoms with Crippen LogP contribution in [-0.2, 0) is 6.42 Å². The number of hydrogen-bond acceptors (Lipinski definition) is 3. The van der Waals surface area contributed by atoms with E-state index >= 15 is 0 Å². The topological polar surface area (TPSA) is 25.4 Å². The molecule has 140 valence electrons. The fourth-order valence-corrected chi connectivity index (χ4v) is 3.99. The Labute approximate surface area is 158 Å². The molecule has 0 aliphatic carbocycles. The molecule has 3 nitrogen and oxygen atoms in total. The lowest BCUT2D eigenvalue weighted by Gasteiger charge is -2.21. The molecule has 0 fully saturated rings. The van der Waals surface area contributed by atoms with Gasteiger partial charge in [0.25, 0.3) is 0 Å². The molecule has 0 spiro atoms. The molecule has 2 atom stereocenters. The molecule has 2 heterocycles. The van der Waals surface area contributed by atoms with Crippen LogP contribution in [0.1, 0.15) is 45.4 Å². The van der Waals surface area contributed by atoms with Gasteiger partial charge in [0.2, 0.25) is 0 Å². The Bertz CT molecular complexity index is 769. The molecule has 1 unspecified atom stereocenters. The van der Waals surface area contributed by atoms with Crippen molar-refractivity contribution < 1.29 is 4.74 Å². The van der Waals surface area contributed by atoms with Gasteiger partial charge in [-0.3, -0.25) is 4.98 Å². The van der Waals surface area contributed by atoms with Crippen molar-refractivity contribution in [1.29, 1.82) is 0 Å². The summed E-state index contributed by atoms with van der Waals surface area (Å²) >= 11 is 0. The van der Waals surface area contributed by atoms with Gasteiger partial charge in [0.1, 0.15) is 5.75 Å². The Morgan fingerprint density at radius 2 is 2.00 bits per heavy atom. The van der Waals surface area contributed by atoms with E-state index in [1.165, 1.54) is 34.5 Å². The standard InChI is InChI=1S/C23H32N2O/c1-15(2)11-16(3)14-26-22-8-7-19(12-17(22)4)20-9-10-24-21-13-18(5)25(6)23(20)21/h7-10,12,15-16,18H,11,13-14H2,1-6H3/t16-,18?/m1/s1. The second-order valence-electron chi connectivity index (χ2n) is 8.34. The second kappa shape index (κ2) is 7.69. The van der Waals surface area contributed by atoms with E-state index in [0.717, 1.165) is 18.8 Å². The minimum Gasteiger partial charge on any atom is -0.493 e. The van der Waals surface area contributed by atoms with Gasteiger partial charge in [-0.1, -0.05) is 26.8 Å². The number of fused-ring (bicyclic) bond motifs is 1.